The predicted molar refractivity (Wildman–Crippen MR) is 76.4 cm³/mol. The highest BCUT2D eigenvalue weighted by molar-refractivity contribution is 6.21. The number of hydrogen-bond donors (Lipinski definition) is 0. The van der Waals surface area contributed by atoms with Crippen molar-refractivity contribution in [3.63, 3.8) is 0 Å². The topological polar surface area (TPSA) is 55.8 Å². The van der Waals surface area contributed by atoms with Gasteiger partial charge < -0.3 is 9.47 Å². The molecular formula is C15H16ClNO4. The fraction of sp³-hybridized carbons (Fsp3) is 0.467. The van der Waals surface area contributed by atoms with E-state index < -0.39 is 0 Å². The number of imide groups is 1. The molecule has 3 rings (SSSR count). The van der Waals surface area contributed by atoms with E-state index in [1.54, 1.807) is 12.1 Å². The lowest BCUT2D eigenvalue weighted by atomic mass is 9.94. The van der Waals surface area contributed by atoms with E-state index in [1.165, 1.54) is 7.05 Å². The zero-order valence-corrected chi connectivity index (χ0v) is 12.4. The van der Waals surface area contributed by atoms with Crippen LogP contribution in [0.25, 0.3) is 0 Å². The number of carbonyl (C=O) groups excluding carboxylic acids is 2. The number of halogens is 1. The standard InChI is InChI=1S/C15H16ClNO4/c1-17-13(18)7-9-2-3-10(6-11(9)15(17)19)14(16)12-8-20-4-5-21-12/h2-3,6,12,14H,4-5,7-8H2,1H3. The lowest BCUT2D eigenvalue weighted by Crippen LogP contribution is -2.39. The van der Waals surface area contributed by atoms with Gasteiger partial charge in [0.25, 0.3) is 5.91 Å². The van der Waals surface area contributed by atoms with Crippen molar-refractivity contribution < 1.29 is 19.1 Å². The number of amides is 2. The second kappa shape index (κ2) is 5.75. The molecule has 0 bridgehead atoms. The highest BCUT2D eigenvalue weighted by Crippen LogP contribution is 2.31. The first-order valence-electron chi connectivity index (χ1n) is 6.85. The van der Waals surface area contributed by atoms with Gasteiger partial charge in [0.15, 0.2) is 0 Å². The summed E-state index contributed by atoms with van der Waals surface area (Å²) >= 11 is 6.44. The first-order valence-corrected chi connectivity index (χ1v) is 7.28. The summed E-state index contributed by atoms with van der Waals surface area (Å²) in [4.78, 5) is 25.0. The van der Waals surface area contributed by atoms with Crippen molar-refractivity contribution in [2.75, 3.05) is 26.9 Å². The minimum absolute atomic E-state index is 0.188. The van der Waals surface area contributed by atoms with Crippen molar-refractivity contribution >= 4 is 23.4 Å². The molecule has 2 atom stereocenters. The molecule has 112 valence electrons. The van der Waals surface area contributed by atoms with E-state index in [2.05, 4.69) is 0 Å². The molecule has 6 heteroatoms. The first-order chi connectivity index (χ1) is 10.1. The Balaban J connectivity index is 1.88. The molecule has 1 aromatic rings. The maximum atomic E-state index is 12.2. The highest BCUT2D eigenvalue weighted by atomic mass is 35.5. The second-order valence-corrected chi connectivity index (χ2v) is 5.71. The zero-order chi connectivity index (χ0) is 15.0. The molecule has 0 aromatic heterocycles. The zero-order valence-electron chi connectivity index (χ0n) is 11.7. The Morgan fingerprint density at radius 3 is 2.86 bits per heavy atom. The van der Waals surface area contributed by atoms with E-state index in [0.29, 0.717) is 25.4 Å². The van der Waals surface area contributed by atoms with Crippen LogP contribution in [0, 0.1) is 0 Å². The minimum Gasteiger partial charge on any atom is -0.376 e. The van der Waals surface area contributed by atoms with Gasteiger partial charge in [0.2, 0.25) is 5.91 Å². The molecule has 1 aromatic carbocycles. The van der Waals surface area contributed by atoms with Crippen LogP contribution in [0.1, 0.15) is 26.9 Å². The van der Waals surface area contributed by atoms with Crippen LogP contribution in [0.15, 0.2) is 18.2 Å². The second-order valence-electron chi connectivity index (χ2n) is 5.24. The highest BCUT2D eigenvalue weighted by Gasteiger charge is 2.30. The molecule has 2 unspecified atom stereocenters. The maximum Gasteiger partial charge on any atom is 0.260 e. The summed E-state index contributed by atoms with van der Waals surface area (Å²) in [6.45, 7) is 1.54. The normalized spacial score (nSPS) is 23.9. The first kappa shape index (κ1) is 14.5. The van der Waals surface area contributed by atoms with Gasteiger partial charge in [-0.05, 0) is 17.2 Å². The van der Waals surface area contributed by atoms with Crippen LogP contribution in [0.4, 0.5) is 0 Å². The van der Waals surface area contributed by atoms with Gasteiger partial charge in [0.1, 0.15) is 6.10 Å². The third-order valence-corrected chi connectivity index (χ3v) is 4.40. The van der Waals surface area contributed by atoms with Crippen LogP contribution in [0.3, 0.4) is 0 Å². The van der Waals surface area contributed by atoms with Crippen molar-refractivity contribution in [3.05, 3.63) is 34.9 Å². The van der Waals surface area contributed by atoms with Crippen LogP contribution < -0.4 is 0 Å². The van der Waals surface area contributed by atoms with Crippen molar-refractivity contribution in [2.24, 2.45) is 0 Å². The molecule has 0 aliphatic carbocycles. The Morgan fingerprint density at radius 2 is 2.14 bits per heavy atom. The molecule has 2 heterocycles. The summed E-state index contributed by atoms with van der Waals surface area (Å²) in [5.41, 5.74) is 2.09. The van der Waals surface area contributed by atoms with E-state index in [9.17, 15) is 9.59 Å². The summed E-state index contributed by atoms with van der Waals surface area (Å²) in [5.74, 6) is -0.473. The molecule has 2 aliphatic heterocycles. The van der Waals surface area contributed by atoms with E-state index in [4.69, 9.17) is 21.1 Å². The Bertz CT molecular complexity index is 583. The molecular weight excluding hydrogens is 294 g/mol. The van der Waals surface area contributed by atoms with Crippen LogP contribution in [-0.2, 0) is 20.7 Å². The van der Waals surface area contributed by atoms with Crippen LogP contribution in [-0.4, -0.2) is 49.7 Å². The Kier molecular flexibility index (Phi) is 3.97. The van der Waals surface area contributed by atoms with Gasteiger partial charge in [-0.3, -0.25) is 14.5 Å². The van der Waals surface area contributed by atoms with Crippen molar-refractivity contribution in [3.8, 4) is 0 Å². The number of ether oxygens (including phenoxy) is 2. The van der Waals surface area contributed by atoms with Gasteiger partial charge >= 0.3 is 0 Å². The van der Waals surface area contributed by atoms with Crippen molar-refractivity contribution in [1.29, 1.82) is 0 Å². The maximum absolute atomic E-state index is 12.2. The quantitative estimate of drug-likeness (QED) is 0.614. The molecule has 2 amide bonds. The SMILES string of the molecule is CN1C(=O)Cc2ccc(C(Cl)C3COCCO3)cc2C1=O. The molecule has 1 saturated heterocycles. The third-order valence-electron chi connectivity index (χ3n) is 3.87. The number of fused-ring (bicyclic) bond motifs is 1. The molecule has 0 spiro atoms. The molecule has 0 radical (unpaired) electrons. The third kappa shape index (κ3) is 2.69. The lowest BCUT2D eigenvalue weighted by Gasteiger charge is -2.28. The Hall–Kier alpha value is -1.43. The van der Waals surface area contributed by atoms with Crippen LogP contribution in [0.2, 0.25) is 0 Å². The molecule has 0 saturated carbocycles. The smallest absolute Gasteiger partial charge is 0.260 e. The number of likely N-dealkylation sites (N-methyl/N-ethyl adjacent to an activating group) is 1. The molecule has 1 fully saturated rings. The van der Waals surface area contributed by atoms with E-state index >= 15 is 0 Å². The van der Waals surface area contributed by atoms with Gasteiger partial charge in [-0.1, -0.05) is 12.1 Å². The Labute approximate surface area is 127 Å². The van der Waals surface area contributed by atoms with Gasteiger partial charge in [-0.25, -0.2) is 0 Å². The van der Waals surface area contributed by atoms with Gasteiger partial charge in [-0.2, -0.15) is 0 Å². The number of hydrogen-bond acceptors (Lipinski definition) is 4. The van der Waals surface area contributed by atoms with E-state index in [-0.39, 0.29) is 29.7 Å². The summed E-state index contributed by atoms with van der Waals surface area (Å²) in [6, 6.07) is 5.41. The van der Waals surface area contributed by atoms with Gasteiger partial charge in [0.05, 0.1) is 31.6 Å². The van der Waals surface area contributed by atoms with Gasteiger partial charge in [-0.15, -0.1) is 11.6 Å². The predicted octanol–water partition coefficient (Wildman–Crippen LogP) is 1.54. The van der Waals surface area contributed by atoms with Crippen LogP contribution >= 0.6 is 11.6 Å². The number of carbonyl (C=O) groups is 2. The molecule has 2 aliphatic rings. The summed E-state index contributed by atoms with van der Waals surface area (Å²) in [6.07, 6.45) is 0.0185. The number of rotatable bonds is 2. The van der Waals surface area contributed by atoms with Crippen molar-refractivity contribution in [1.82, 2.24) is 4.90 Å². The summed E-state index contributed by atoms with van der Waals surface area (Å²) < 4.78 is 11.0. The molecule has 21 heavy (non-hydrogen) atoms. The van der Waals surface area contributed by atoms with E-state index in [1.807, 2.05) is 6.07 Å². The number of alkyl halides is 1. The number of benzene rings is 1. The fourth-order valence-electron chi connectivity index (χ4n) is 2.58. The van der Waals surface area contributed by atoms with Crippen molar-refractivity contribution in [2.45, 2.75) is 17.9 Å². The summed E-state index contributed by atoms with van der Waals surface area (Å²) in [7, 11) is 1.50. The average Bonchev–Trinajstić information content (AvgIpc) is 2.53. The molecule has 0 N–H and O–H groups in total. The largest absolute Gasteiger partial charge is 0.376 e. The minimum atomic E-state index is -0.383. The van der Waals surface area contributed by atoms with Gasteiger partial charge in [0, 0.05) is 12.6 Å². The fourth-order valence-corrected chi connectivity index (χ4v) is 2.87. The Morgan fingerprint density at radius 1 is 1.33 bits per heavy atom. The lowest BCUT2D eigenvalue weighted by molar-refractivity contribution is -0.127. The summed E-state index contributed by atoms with van der Waals surface area (Å²) in [5, 5.41) is -0.383. The monoisotopic (exact) mass is 309 g/mol. The number of nitrogens with zero attached hydrogens (tertiary/aromatic N) is 1. The molecule has 5 nitrogen and oxygen atoms in total. The van der Waals surface area contributed by atoms with E-state index in [0.717, 1.165) is 16.0 Å². The average molecular weight is 310 g/mol. The van der Waals surface area contributed by atoms with Crippen LogP contribution in [0.5, 0.6) is 0 Å².